The SMILES string of the molecule is CC(O)CNCc1c([N+](=O)[O-])cc(C(F)(F)F)c(N)c1[N+](=O)[O-]. The number of nitrogens with two attached hydrogens (primary N) is 1. The molecule has 1 unspecified atom stereocenters. The van der Waals surface area contributed by atoms with Crippen molar-refractivity contribution in [2.24, 2.45) is 0 Å². The molecule has 1 rings (SSSR count). The Morgan fingerprint density at radius 1 is 1.35 bits per heavy atom. The highest BCUT2D eigenvalue weighted by atomic mass is 19.4. The molecule has 0 saturated carbocycles. The lowest BCUT2D eigenvalue weighted by atomic mass is 10.0. The van der Waals surface area contributed by atoms with Gasteiger partial charge in [-0.3, -0.25) is 20.2 Å². The predicted molar refractivity (Wildman–Crippen MR) is 72.6 cm³/mol. The van der Waals surface area contributed by atoms with Crippen molar-refractivity contribution in [3.05, 3.63) is 37.4 Å². The molecule has 4 N–H and O–H groups in total. The van der Waals surface area contributed by atoms with Crippen LogP contribution in [0.1, 0.15) is 18.1 Å². The molecule has 23 heavy (non-hydrogen) atoms. The molecule has 9 nitrogen and oxygen atoms in total. The van der Waals surface area contributed by atoms with Crippen LogP contribution < -0.4 is 11.1 Å². The minimum atomic E-state index is -5.08. The van der Waals surface area contributed by atoms with E-state index < -0.39 is 56.9 Å². The molecule has 0 aliphatic heterocycles. The molecular formula is C11H13F3N4O5. The van der Waals surface area contributed by atoms with Crippen molar-refractivity contribution in [2.45, 2.75) is 25.7 Å². The van der Waals surface area contributed by atoms with Gasteiger partial charge in [-0.15, -0.1) is 0 Å². The van der Waals surface area contributed by atoms with E-state index in [9.17, 15) is 33.4 Å². The van der Waals surface area contributed by atoms with Gasteiger partial charge in [-0.05, 0) is 6.92 Å². The summed E-state index contributed by atoms with van der Waals surface area (Å²) in [6.07, 6.45) is -5.94. The smallest absolute Gasteiger partial charge is 0.393 e. The van der Waals surface area contributed by atoms with Gasteiger partial charge in [0.05, 0.1) is 21.5 Å². The number of aliphatic hydroxyl groups excluding tert-OH is 1. The number of nitrogens with zero attached hydrogens (tertiary/aromatic N) is 2. The normalized spacial score (nSPS) is 12.9. The molecule has 0 heterocycles. The maximum atomic E-state index is 12.9. The van der Waals surface area contributed by atoms with Crippen molar-refractivity contribution < 1.29 is 28.1 Å². The van der Waals surface area contributed by atoms with E-state index in [4.69, 9.17) is 10.8 Å². The first-order valence-electron chi connectivity index (χ1n) is 6.16. The van der Waals surface area contributed by atoms with Crippen LogP contribution in [0, 0.1) is 20.2 Å². The molecular weight excluding hydrogens is 325 g/mol. The fourth-order valence-electron chi connectivity index (χ4n) is 1.90. The Balaban J connectivity index is 3.55. The third-order valence-electron chi connectivity index (χ3n) is 2.85. The summed E-state index contributed by atoms with van der Waals surface area (Å²) in [4.78, 5) is 19.7. The van der Waals surface area contributed by atoms with Crippen molar-refractivity contribution in [3.8, 4) is 0 Å². The molecule has 128 valence electrons. The summed E-state index contributed by atoms with van der Waals surface area (Å²) in [7, 11) is 0. The molecule has 0 aliphatic rings. The van der Waals surface area contributed by atoms with Gasteiger partial charge >= 0.3 is 11.9 Å². The Bertz CT molecular complexity index is 633. The molecule has 0 saturated heterocycles. The molecule has 1 aromatic carbocycles. The van der Waals surface area contributed by atoms with Crippen LogP contribution in [0.3, 0.4) is 0 Å². The largest absolute Gasteiger partial charge is 0.418 e. The number of nitrogen functional groups attached to an aromatic ring is 1. The molecule has 0 spiro atoms. The summed E-state index contributed by atoms with van der Waals surface area (Å²) in [5.41, 5.74) is -0.466. The Labute approximate surface area is 127 Å². The second kappa shape index (κ2) is 6.75. The number of nitrogens with one attached hydrogen (secondary N) is 1. The maximum absolute atomic E-state index is 12.9. The van der Waals surface area contributed by atoms with Gasteiger partial charge in [-0.25, -0.2) is 0 Å². The van der Waals surface area contributed by atoms with Crippen molar-refractivity contribution in [3.63, 3.8) is 0 Å². The van der Waals surface area contributed by atoms with Gasteiger partial charge in [-0.2, -0.15) is 13.2 Å². The number of hydrogen-bond acceptors (Lipinski definition) is 7. The summed E-state index contributed by atoms with van der Waals surface area (Å²) in [5.74, 6) is 0. The van der Waals surface area contributed by atoms with E-state index in [0.717, 1.165) is 0 Å². The van der Waals surface area contributed by atoms with E-state index in [1.165, 1.54) is 6.92 Å². The summed E-state index contributed by atoms with van der Waals surface area (Å²) < 4.78 is 38.6. The summed E-state index contributed by atoms with van der Waals surface area (Å²) in [5, 5.41) is 33.6. The molecule has 0 aromatic heterocycles. The van der Waals surface area contributed by atoms with Crippen LogP contribution in [0.25, 0.3) is 0 Å². The van der Waals surface area contributed by atoms with Crippen molar-refractivity contribution in [1.29, 1.82) is 0 Å². The number of hydrogen-bond donors (Lipinski definition) is 3. The Morgan fingerprint density at radius 3 is 2.30 bits per heavy atom. The van der Waals surface area contributed by atoms with E-state index in [1.54, 1.807) is 0 Å². The first-order chi connectivity index (χ1) is 10.5. The lowest BCUT2D eigenvalue weighted by Crippen LogP contribution is -2.25. The van der Waals surface area contributed by atoms with Crippen molar-refractivity contribution >= 4 is 17.1 Å². The molecule has 0 bridgehead atoms. The van der Waals surface area contributed by atoms with Gasteiger partial charge < -0.3 is 16.2 Å². The molecule has 0 aliphatic carbocycles. The van der Waals surface area contributed by atoms with Crippen LogP contribution in [-0.4, -0.2) is 27.6 Å². The number of halogens is 3. The van der Waals surface area contributed by atoms with Gasteiger partial charge in [0.1, 0.15) is 11.3 Å². The summed E-state index contributed by atoms with van der Waals surface area (Å²) in [6.45, 7) is 0.812. The highest BCUT2D eigenvalue weighted by molar-refractivity contribution is 5.73. The molecule has 12 heteroatoms. The zero-order valence-electron chi connectivity index (χ0n) is 11.8. The minimum Gasteiger partial charge on any atom is -0.393 e. The van der Waals surface area contributed by atoms with E-state index in [2.05, 4.69) is 5.32 Å². The number of benzene rings is 1. The van der Waals surface area contributed by atoms with Gasteiger partial charge in [0.2, 0.25) is 0 Å². The number of nitro groups is 2. The Morgan fingerprint density at radius 2 is 1.91 bits per heavy atom. The monoisotopic (exact) mass is 338 g/mol. The number of nitro benzene ring substituents is 2. The van der Waals surface area contributed by atoms with Crippen LogP contribution in [0.5, 0.6) is 0 Å². The second-order valence-electron chi connectivity index (χ2n) is 4.68. The number of anilines is 1. The third kappa shape index (κ3) is 4.26. The van der Waals surface area contributed by atoms with Gasteiger partial charge in [0.15, 0.2) is 0 Å². The second-order valence-corrected chi connectivity index (χ2v) is 4.68. The topological polar surface area (TPSA) is 145 Å². The molecule has 1 aromatic rings. The summed E-state index contributed by atoms with van der Waals surface area (Å²) in [6, 6.07) is 0.168. The highest BCUT2D eigenvalue weighted by Gasteiger charge is 2.41. The zero-order chi connectivity index (χ0) is 17.9. The van der Waals surface area contributed by atoms with E-state index in [1.807, 2.05) is 0 Å². The minimum absolute atomic E-state index is 0.0742. The first kappa shape index (κ1) is 18.6. The summed E-state index contributed by atoms with van der Waals surface area (Å²) >= 11 is 0. The maximum Gasteiger partial charge on any atom is 0.418 e. The average molecular weight is 338 g/mol. The highest BCUT2D eigenvalue weighted by Crippen LogP contribution is 2.43. The molecule has 0 amide bonds. The molecule has 0 radical (unpaired) electrons. The fraction of sp³-hybridized carbons (Fsp3) is 0.455. The van der Waals surface area contributed by atoms with Crippen LogP contribution in [0.15, 0.2) is 6.07 Å². The predicted octanol–water partition coefficient (Wildman–Crippen LogP) is 1.57. The van der Waals surface area contributed by atoms with Crippen LogP contribution in [0.2, 0.25) is 0 Å². The number of rotatable bonds is 6. The molecule has 1 atom stereocenters. The van der Waals surface area contributed by atoms with E-state index in [-0.39, 0.29) is 12.6 Å². The quantitative estimate of drug-likeness (QED) is 0.405. The fourth-order valence-corrected chi connectivity index (χ4v) is 1.90. The van der Waals surface area contributed by atoms with Crippen molar-refractivity contribution in [2.75, 3.05) is 12.3 Å². The number of alkyl halides is 3. The van der Waals surface area contributed by atoms with Crippen LogP contribution in [0.4, 0.5) is 30.2 Å². The number of aliphatic hydroxyl groups is 1. The van der Waals surface area contributed by atoms with Crippen molar-refractivity contribution in [1.82, 2.24) is 5.32 Å². The van der Waals surface area contributed by atoms with Gasteiger partial charge in [0, 0.05) is 19.2 Å². The van der Waals surface area contributed by atoms with E-state index in [0.29, 0.717) is 0 Å². The Hall–Kier alpha value is -2.47. The van der Waals surface area contributed by atoms with Crippen LogP contribution >= 0.6 is 0 Å². The van der Waals surface area contributed by atoms with Gasteiger partial charge in [-0.1, -0.05) is 0 Å². The zero-order valence-corrected chi connectivity index (χ0v) is 11.8. The van der Waals surface area contributed by atoms with E-state index >= 15 is 0 Å². The Kier molecular flexibility index (Phi) is 5.45. The first-order valence-corrected chi connectivity index (χ1v) is 6.16. The third-order valence-corrected chi connectivity index (χ3v) is 2.85. The average Bonchev–Trinajstić information content (AvgIpc) is 2.35. The van der Waals surface area contributed by atoms with Gasteiger partial charge in [0.25, 0.3) is 5.69 Å². The van der Waals surface area contributed by atoms with Crippen LogP contribution in [-0.2, 0) is 12.7 Å². The lowest BCUT2D eigenvalue weighted by Gasteiger charge is -2.14. The molecule has 0 fully saturated rings. The standard InChI is InChI=1S/C11H13F3N4O5/c1-5(19)3-16-4-6-8(17(20)21)2-7(11(12,13)14)9(15)10(6)18(22)23/h2,5,16,19H,3-4,15H2,1H3. The lowest BCUT2D eigenvalue weighted by molar-refractivity contribution is -0.395.